The number of aliphatic hydroxyl groups excluding tert-OH is 1. The lowest BCUT2D eigenvalue weighted by molar-refractivity contribution is 0.166. The quantitative estimate of drug-likeness (QED) is 0.855. The minimum absolute atomic E-state index is 0.0283. The highest BCUT2D eigenvalue weighted by Gasteiger charge is 2.34. The van der Waals surface area contributed by atoms with E-state index in [1.807, 2.05) is 6.07 Å². The number of aliphatic hydroxyl groups is 1. The molecule has 1 heterocycles. The van der Waals surface area contributed by atoms with Crippen LogP contribution in [0.4, 0.5) is 10.1 Å². The van der Waals surface area contributed by atoms with Crippen LogP contribution >= 0.6 is 0 Å². The molecule has 2 rings (SSSR count). The number of hydrogen-bond donors (Lipinski definition) is 1. The van der Waals surface area contributed by atoms with Gasteiger partial charge in [-0.25, -0.2) is 4.39 Å². The predicted octanol–water partition coefficient (Wildman–Crippen LogP) is 2.81. The SMILES string of the molecule is CC1(C)CC(CO)CCN1c1cccc(F)c1. The molecule has 2 nitrogen and oxygen atoms in total. The average molecular weight is 237 g/mol. The van der Waals surface area contributed by atoms with Crippen molar-refractivity contribution in [2.45, 2.75) is 32.2 Å². The summed E-state index contributed by atoms with van der Waals surface area (Å²) < 4.78 is 13.3. The van der Waals surface area contributed by atoms with E-state index in [-0.39, 0.29) is 18.0 Å². The van der Waals surface area contributed by atoms with Gasteiger partial charge in [0.05, 0.1) is 0 Å². The third-order valence-electron chi connectivity index (χ3n) is 3.66. The molecule has 17 heavy (non-hydrogen) atoms. The van der Waals surface area contributed by atoms with Crippen molar-refractivity contribution < 1.29 is 9.50 Å². The summed E-state index contributed by atoms with van der Waals surface area (Å²) >= 11 is 0. The smallest absolute Gasteiger partial charge is 0.125 e. The van der Waals surface area contributed by atoms with Crippen molar-refractivity contribution in [1.82, 2.24) is 0 Å². The molecule has 0 amide bonds. The van der Waals surface area contributed by atoms with Gasteiger partial charge in [-0.15, -0.1) is 0 Å². The van der Waals surface area contributed by atoms with Gasteiger partial charge in [-0.05, 0) is 50.8 Å². The molecule has 0 radical (unpaired) electrons. The number of anilines is 1. The van der Waals surface area contributed by atoms with Crippen LogP contribution in [0.1, 0.15) is 26.7 Å². The van der Waals surface area contributed by atoms with E-state index in [0.29, 0.717) is 5.92 Å². The Hall–Kier alpha value is -1.09. The number of halogens is 1. The number of hydrogen-bond acceptors (Lipinski definition) is 2. The van der Waals surface area contributed by atoms with Crippen molar-refractivity contribution in [3.8, 4) is 0 Å². The maximum absolute atomic E-state index is 13.3. The van der Waals surface area contributed by atoms with Crippen LogP contribution < -0.4 is 4.90 Å². The summed E-state index contributed by atoms with van der Waals surface area (Å²) in [5.41, 5.74) is 0.908. The highest BCUT2D eigenvalue weighted by Crippen LogP contribution is 2.35. The van der Waals surface area contributed by atoms with E-state index in [9.17, 15) is 9.50 Å². The van der Waals surface area contributed by atoms with Gasteiger partial charge in [0.25, 0.3) is 0 Å². The summed E-state index contributed by atoms with van der Waals surface area (Å²) in [6.45, 7) is 5.43. The third-order valence-corrected chi connectivity index (χ3v) is 3.66. The molecule has 1 aliphatic rings. The summed E-state index contributed by atoms with van der Waals surface area (Å²) in [5, 5.41) is 9.25. The van der Waals surface area contributed by atoms with Crippen molar-refractivity contribution in [3.63, 3.8) is 0 Å². The van der Waals surface area contributed by atoms with Crippen LogP contribution in [-0.2, 0) is 0 Å². The van der Waals surface area contributed by atoms with Gasteiger partial charge in [-0.2, -0.15) is 0 Å². The van der Waals surface area contributed by atoms with Crippen LogP contribution in [0.2, 0.25) is 0 Å². The molecule has 0 bridgehead atoms. The second-order valence-electron chi connectivity index (χ2n) is 5.49. The maximum atomic E-state index is 13.3. The summed E-state index contributed by atoms with van der Waals surface area (Å²) in [5.74, 6) is 0.178. The molecule has 3 heteroatoms. The van der Waals surface area contributed by atoms with E-state index < -0.39 is 0 Å². The Morgan fingerprint density at radius 2 is 2.24 bits per heavy atom. The average Bonchev–Trinajstić information content (AvgIpc) is 2.27. The zero-order chi connectivity index (χ0) is 12.5. The van der Waals surface area contributed by atoms with E-state index in [2.05, 4.69) is 18.7 Å². The first-order chi connectivity index (χ1) is 8.03. The molecular formula is C14H20FNO. The summed E-state index contributed by atoms with van der Waals surface area (Å²) in [4.78, 5) is 2.24. The molecule has 1 unspecified atom stereocenters. The highest BCUT2D eigenvalue weighted by molar-refractivity contribution is 5.49. The van der Waals surface area contributed by atoms with Crippen molar-refractivity contribution in [3.05, 3.63) is 30.1 Å². The van der Waals surface area contributed by atoms with Crippen molar-refractivity contribution in [2.75, 3.05) is 18.1 Å². The van der Waals surface area contributed by atoms with Gasteiger partial charge < -0.3 is 10.0 Å². The molecule has 1 aromatic carbocycles. The fourth-order valence-corrected chi connectivity index (χ4v) is 2.81. The molecular weight excluding hydrogens is 217 g/mol. The van der Waals surface area contributed by atoms with Gasteiger partial charge in [0.15, 0.2) is 0 Å². The van der Waals surface area contributed by atoms with Crippen molar-refractivity contribution in [1.29, 1.82) is 0 Å². The van der Waals surface area contributed by atoms with E-state index in [1.165, 1.54) is 6.07 Å². The molecule has 1 atom stereocenters. The van der Waals surface area contributed by atoms with E-state index in [1.54, 1.807) is 12.1 Å². The third kappa shape index (κ3) is 2.60. The lowest BCUT2D eigenvalue weighted by Gasteiger charge is -2.47. The normalized spacial score (nSPS) is 23.8. The highest BCUT2D eigenvalue weighted by atomic mass is 19.1. The van der Waals surface area contributed by atoms with Gasteiger partial charge in [0.2, 0.25) is 0 Å². The summed E-state index contributed by atoms with van der Waals surface area (Å²) in [6.07, 6.45) is 1.91. The van der Waals surface area contributed by atoms with Gasteiger partial charge in [-0.1, -0.05) is 6.07 Å². The zero-order valence-corrected chi connectivity index (χ0v) is 10.5. The number of piperidine rings is 1. The van der Waals surface area contributed by atoms with Crippen LogP contribution in [0.5, 0.6) is 0 Å². The molecule has 1 saturated heterocycles. The number of rotatable bonds is 2. The van der Waals surface area contributed by atoms with Crippen LogP contribution in [-0.4, -0.2) is 23.8 Å². The second kappa shape index (κ2) is 4.65. The van der Waals surface area contributed by atoms with E-state index in [4.69, 9.17) is 0 Å². The Labute approximate surface area is 102 Å². The molecule has 0 saturated carbocycles. The number of nitrogens with zero attached hydrogens (tertiary/aromatic N) is 1. The predicted molar refractivity (Wildman–Crippen MR) is 67.6 cm³/mol. The maximum Gasteiger partial charge on any atom is 0.125 e. The van der Waals surface area contributed by atoms with Gasteiger partial charge in [0, 0.05) is 24.4 Å². The van der Waals surface area contributed by atoms with Gasteiger partial charge in [-0.3, -0.25) is 0 Å². The van der Waals surface area contributed by atoms with E-state index in [0.717, 1.165) is 25.1 Å². The summed E-state index contributed by atoms with van der Waals surface area (Å²) in [7, 11) is 0. The Balaban J connectivity index is 2.22. The number of benzene rings is 1. The minimum Gasteiger partial charge on any atom is -0.396 e. The topological polar surface area (TPSA) is 23.5 Å². The van der Waals surface area contributed by atoms with Gasteiger partial charge >= 0.3 is 0 Å². The minimum atomic E-state index is -0.192. The first kappa shape index (κ1) is 12.4. The fourth-order valence-electron chi connectivity index (χ4n) is 2.81. The molecule has 0 spiro atoms. The Morgan fingerprint density at radius 3 is 2.82 bits per heavy atom. The lowest BCUT2D eigenvalue weighted by atomic mass is 9.82. The molecule has 1 aliphatic heterocycles. The second-order valence-corrected chi connectivity index (χ2v) is 5.49. The first-order valence-electron chi connectivity index (χ1n) is 6.17. The first-order valence-corrected chi connectivity index (χ1v) is 6.17. The molecule has 94 valence electrons. The Bertz CT molecular complexity index is 392. The van der Waals surface area contributed by atoms with Crippen LogP contribution in [0, 0.1) is 11.7 Å². The molecule has 0 aliphatic carbocycles. The van der Waals surface area contributed by atoms with Crippen LogP contribution in [0.25, 0.3) is 0 Å². The molecule has 1 fully saturated rings. The summed E-state index contributed by atoms with van der Waals surface area (Å²) in [6, 6.07) is 6.75. The van der Waals surface area contributed by atoms with Crippen LogP contribution in [0.15, 0.2) is 24.3 Å². The Kier molecular flexibility index (Phi) is 3.38. The Morgan fingerprint density at radius 1 is 1.47 bits per heavy atom. The molecule has 0 aromatic heterocycles. The standard InChI is InChI=1S/C14H20FNO/c1-14(2)9-11(10-17)6-7-16(14)13-5-3-4-12(15)8-13/h3-5,8,11,17H,6-7,9-10H2,1-2H3. The van der Waals surface area contributed by atoms with Crippen molar-refractivity contribution in [2.24, 2.45) is 5.92 Å². The largest absolute Gasteiger partial charge is 0.396 e. The monoisotopic (exact) mass is 237 g/mol. The van der Waals surface area contributed by atoms with Crippen LogP contribution in [0.3, 0.4) is 0 Å². The van der Waals surface area contributed by atoms with Crippen molar-refractivity contribution >= 4 is 5.69 Å². The fraction of sp³-hybridized carbons (Fsp3) is 0.571. The lowest BCUT2D eigenvalue weighted by Crippen LogP contribution is -2.50. The molecule has 1 N–H and O–H groups in total. The molecule has 1 aromatic rings. The van der Waals surface area contributed by atoms with Gasteiger partial charge in [0.1, 0.15) is 5.82 Å². The zero-order valence-electron chi connectivity index (χ0n) is 10.5. The van der Waals surface area contributed by atoms with E-state index >= 15 is 0 Å².